The van der Waals surface area contributed by atoms with Gasteiger partial charge in [0.2, 0.25) is 5.91 Å². The van der Waals surface area contributed by atoms with Crippen LogP contribution < -0.4 is 40.0 Å². The Hall–Kier alpha value is -0.880. The van der Waals surface area contributed by atoms with Crippen molar-refractivity contribution < 1.29 is 48.6 Å². The molecule has 1 aliphatic carbocycles. The van der Waals surface area contributed by atoms with Gasteiger partial charge in [-0.15, -0.1) is 0 Å². The van der Waals surface area contributed by atoms with Crippen LogP contribution in [0, 0.1) is 11.7 Å². The van der Waals surface area contributed by atoms with Crippen LogP contribution in [-0.2, 0) is 9.59 Å². The summed E-state index contributed by atoms with van der Waals surface area (Å²) in [4.78, 5) is 23.5. The summed E-state index contributed by atoms with van der Waals surface area (Å²) in [6.07, 6.45) is 4.88. The molecule has 0 saturated heterocycles. The standard InChI is InChI=1S/C17H19ClFNO3.Na/c1-10-5-2-3-8-14(10)20-17(23)11(9-15(21)22)16-12(18)6-4-7-13(16)19;/h2-4,6-7,10-11,14H,5,8-9H2,1H3,(H,20,23)(H,21,22);/q;+1/p-1/t10-,11?,14-;/m1./s1. The van der Waals surface area contributed by atoms with Crippen LogP contribution >= 0.6 is 11.6 Å². The zero-order valence-corrected chi connectivity index (χ0v) is 16.5. The number of hydrogen-bond donors (Lipinski definition) is 1. The number of halogens is 2. The summed E-state index contributed by atoms with van der Waals surface area (Å²) in [6.45, 7) is 2.00. The van der Waals surface area contributed by atoms with Crippen LogP contribution in [0.1, 0.15) is 37.7 Å². The van der Waals surface area contributed by atoms with E-state index in [0.29, 0.717) is 6.42 Å². The monoisotopic (exact) mass is 361 g/mol. The summed E-state index contributed by atoms with van der Waals surface area (Å²) in [5.41, 5.74) is -0.102. The Kier molecular flexibility index (Phi) is 8.43. The van der Waals surface area contributed by atoms with Gasteiger partial charge in [-0.3, -0.25) is 4.79 Å². The van der Waals surface area contributed by atoms with Gasteiger partial charge in [-0.25, -0.2) is 4.39 Å². The molecule has 0 saturated carbocycles. The van der Waals surface area contributed by atoms with Gasteiger partial charge in [-0.05, 0) is 30.9 Å². The molecule has 24 heavy (non-hydrogen) atoms. The number of benzene rings is 1. The Morgan fingerprint density at radius 1 is 1.38 bits per heavy atom. The first-order valence-corrected chi connectivity index (χ1v) is 7.87. The number of carbonyl (C=O) groups excluding carboxylic acids is 2. The fourth-order valence-corrected chi connectivity index (χ4v) is 3.07. The number of hydrogen-bond acceptors (Lipinski definition) is 3. The van der Waals surface area contributed by atoms with Gasteiger partial charge in [0.25, 0.3) is 0 Å². The third-order valence-corrected chi connectivity index (χ3v) is 4.44. The average Bonchev–Trinajstić information content (AvgIpc) is 2.48. The maximum atomic E-state index is 14.1. The minimum absolute atomic E-state index is 0. The Labute approximate surface area is 167 Å². The molecule has 0 aliphatic heterocycles. The van der Waals surface area contributed by atoms with E-state index in [0.717, 1.165) is 12.5 Å². The first kappa shape index (κ1) is 21.2. The van der Waals surface area contributed by atoms with E-state index in [1.807, 2.05) is 19.1 Å². The largest absolute Gasteiger partial charge is 1.00 e. The van der Waals surface area contributed by atoms with Gasteiger partial charge in [0.05, 0.1) is 5.92 Å². The number of nitrogens with one attached hydrogen (secondary N) is 1. The van der Waals surface area contributed by atoms with Crippen LogP contribution in [0.15, 0.2) is 30.4 Å². The van der Waals surface area contributed by atoms with Crippen LogP contribution in [0.4, 0.5) is 4.39 Å². The molecule has 0 radical (unpaired) electrons. The van der Waals surface area contributed by atoms with Crippen molar-refractivity contribution >= 4 is 23.5 Å². The second-order valence-electron chi connectivity index (χ2n) is 5.80. The van der Waals surface area contributed by atoms with Crippen molar-refractivity contribution in [2.24, 2.45) is 5.92 Å². The molecule has 0 bridgehead atoms. The molecule has 3 atom stereocenters. The Morgan fingerprint density at radius 2 is 2.04 bits per heavy atom. The van der Waals surface area contributed by atoms with Gasteiger partial charge in [-0.2, -0.15) is 0 Å². The molecule has 1 amide bonds. The SMILES string of the molecule is C[C@@H]1CC=CC[C@H]1NC(=O)C(CC(=O)[O-])c1c(F)cccc1Cl.[Na+]. The minimum Gasteiger partial charge on any atom is -0.550 e. The summed E-state index contributed by atoms with van der Waals surface area (Å²) >= 11 is 5.98. The van der Waals surface area contributed by atoms with Crippen LogP contribution in [0.25, 0.3) is 0 Å². The summed E-state index contributed by atoms with van der Waals surface area (Å²) < 4.78 is 14.1. The topological polar surface area (TPSA) is 69.2 Å². The molecule has 0 spiro atoms. The molecule has 1 aliphatic rings. The molecule has 1 N–H and O–H groups in total. The van der Waals surface area contributed by atoms with Crippen LogP contribution in [-0.4, -0.2) is 17.9 Å². The molecule has 4 nitrogen and oxygen atoms in total. The summed E-state index contributed by atoms with van der Waals surface area (Å²) in [7, 11) is 0. The zero-order chi connectivity index (χ0) is 17.0. The number of allylic oxidation sites excluding steroid dienone is 1. The van der Waals surface area contributed by atoms with E-state index in [1.165, 1.54) is 12.1 Å². The Morgan fingerprint density at radius 3 is 2.62 bits per heavy atom. The minimum atomic E-state index is -1.43. The Balaban J connectivity index is 0.00000288. The van der Waals surface area contributed by atoms with Crippen molar-refractivity contribution in [3.05, 3.63) is 46.8 Å². The molecule has 1 unspecified atom stereocenters. The van der Waals surface area contributed by atoms with Crippen molar-refractivity contribution in [3.8, 4) is 0 Å². The third kappa shape index (κ3) is 5.31. The van der Waals surface area contributed by atoms with Crippen molar-refractivity contribution in [1.29, 1.82) is 0 Å². The molecule has 2 rings (SSSR count). The fraction of sp³-hybridized carbons (Fsp3) is 0.412. The van der Waals surface area contributed by atoms with Crippen molar-refractivity contribution in [1.82, 2.24) is 5.32 Å². The van der Waals surface area contributed by atoms with Gasteiger partial charge in [0, 0.05) is 29.0 Å². The molecule has 0 aromatic heterocycles. The third-order valence-electron chi connectivity index (χ3n) is 4.11. The first-order valence-electron chi connectivity index (χ1n) is 7.49. The van der Waals surface area contributed by atoms with Gasteiger partial charge in [0.15, 0.2) is 0 Å². The van der Waals surface area contributed by atoms with Crippen molar-refractivity contribution in [2.45, 2.75) is 38.1 Å². The fourth-order valence-electron chi connectivity index (χ4n) is 2.77. The molecule has 1 aromatic carbocycles. The average molecular weight is 362 g/mol. The van der Waals surface area contributed by atoms with E-state index in [-0.39, 0.29) is 52.1 Å². The zero-order valence-electron chi connectivity index (χ0n) is 13.7. The van der Waals surface area contributed by atoms with E-state index in [2.05, 4.69) is 5.32 Å². The molecule has 0 heterocycles. The predicted molar refractivity (Wildman–Crippen MR) is 83.2 cm³/mol. The molecule has 1 aromatic rings. The second-order valence-corrected chi connectivity index (χ2v) is 6.21. The van der Waals surface area contributed by atoms with Crippen LogP contribution in [0.5, 0.6) is 0 Å². The number of carboxylic acids is 1. The summed E-state index contributed by atoms with van der Waals surface area (Å²) in [5.74, 6) is -3.67. The number of amides is 1. The van der Waals surface area contributed by atoms with E-state index in [9.17, 15) is 19.1 Å². The number of aliphatic carboxylic acids is 1. The number of carbonyl (C=O) groups is 2. The molecular formula is C17H18ClFNNaO3. The molecule has 0 fully saturated rings. The smallest absolute Gasteiger partial charge is 0.550 e. The number of carboxylic acid groups (broad SMARTS) is 1. The van der Waals surface area contributed by atoms with Crippen LogP contribution in [0.2, 0.25) is 5.02 Å². The second kappa shape index (κ2) is 9.56. The van der Waals surface area contributed by atoms with Gasteiger partial charge in [0.1, 0.15) is 5.82 Å². The maximum Gasteiger partial charge on any atom is 1.00 e. The molecular weight excluding hydrogens is 344 g/mol. The predicted octanol–water partition coefficient (Wildman–Crippen LogP) is -0.822. The normalized spacial score (nSPS) is 20.8. The van der Waals surface area contributed by atoms with E-state index in [4.69, 9.17) is 11.6 Å². The van der Waals surface area contributed by atoms with Crippen LogP contribution in [0.3, 0.4) is 0 Å². The van der Waals surface area contributed by atoms with Gasteiger partial charge < -0.3 is 15.2 Å². The molecule has 7 heteroatoms. The number of rotatable bonds is 5. The van der Waals surface area contributed by atoms with Crippen molar-refractivity contribution in [2.75, 3.05) is 0 Å². The maximum absolute atomic E-state index is 14.1. The van der Waals surface area contributed by atoms with E-state index >= 15 is 0 Å². The first-order chi connectivity index (χ1) is 10.9. The Bertz CT molecular complexity index is 618. The van der Waals surface area contributed by atoms with Gasteiger partial charge >= 0.3 is 29.6 Å². The van der Waals surface area contributed by atoms with Crippen molar-refractivity contribution in [3.63, 3.8) is 0 Å². The summed E-state index contributed by atoms with van der Waals surface area (Å²) in [6, 6.07) is 3.88. The van der Waals surface area contributed by atoms with Gasteiger partial charge in [-0.1, -0.05) is 36.7 Å². The quantitative estimate of drug-likeness (QED) is 0.550. The van der Waals surface area contributed by atoms with E-state index < -0.39 is 30.0 Å². The summed E-state index contributed by atoms with van der Waals surface area (Å²) in [5, 5.41) is 13.8. The molecule has 124 valence electrons. The van der Waals surface area contributed by atoms with E-state index in [1.54, 1.807) is 0 Å².